The van der Waals surface area contributed by atoms with Crippen molar-refractivity contribution >= 4 is 6.03 Å². The molecule has 0 spiro atoms. The van der Waals surface area contributed by atoms with Crippen LogP contribution in [0.15, 0.2) is 24.3 Å². The molecule has 5 heteroatoms. The van der Waals surface area contributed by atoms with Crippen LogP contribution in [0.1, 0.15) is 50.2 Å². The first kappa shape index (κ1) is 17.8. The number of rotatable bonds is 7. The average Bonchev–Trinajstić information content (AvgIpc) is 2.56. The van der Waals surface area contributed by atoms with Crippen molar-refractivity contribution in [3.8, 4) is 0 Å². The van der Waals surface area contributed by atoms with Gasteiger partial charge in [0.15, 0.2) is 0 Å². The molecular formula is C18H28N2O3. The van der Waals surface area contributed by atoms with Gasteiger partial charge in [0.2, 0.25) is 0 Å². The van der Waals surface area contributed by atoms with E-state index in [9.17, 15) is 9.90 Å². The number of carbonyl (C=O) groups is 1. The van der Waals surface area contributed by atoms with E-state index in [1.54, 1.807) is 0 Å². The molecule has 2 amide bonds. The van der Waals surface area contributed by atoms with E-state index in [0.717, 1.165) is 49.8 Å². The molecule has 2 rings (SSSR count). The van der Waals surface area contributed by atoms with Gasteiger partial charge in [-0.2, -0.15) is 0 Å². The fourth-order valence-electron chi connectivity index (χ4n) is 2.87. The SMILES string of the molecule is CCCOCc1ccccc1CNC(=O)NC1CCCCC1O. The van der Waals surface area contributed by atoms with Crippen molar-refractivity contribution in [3.05, 3.63) is 35.4 Å². The summed E-state index contributed by atoms with van der Waals surface area (Å²) in [6.07, 6.45) is 4.26. The van der Waals surface area contributed by atoms with Crippen molar-refractivity contribution in [3.63, 3.8) is 0 Å². The van der Waals surface area contributed by atoms with Gasteiger partial charge in [-0.25, -0.2) is 4.79 Å². The zero-order valence-electron chi connectivity index (χ0n) is 13.9. The van der Waals surface area contributed by atoms with Crippen LogP contribution in [0.25, 0.3) is 0 Å². The summed E-state index contributed by atoms with van der Waals surface area (Å²) in [6.45, 7) is 3.84. The minimum Gasteiger partial charge on any atom is -0.391 e. The molecule has 1 aliphatic rings. The summed E-state index contributed by atoms with van der Waals surface area (Å²) in [5.41, 5.74) is 2.15. The van der Waals surface area contributed by atoms with Crippen molar-refractivity contribution in [1.29, 1.82) is 0 Å². The van der Waals surface area contributed by atoms with E-state index in [2.05, 4.69) is 17.6 Å². The Bertz CT molecular complexity index is 493. The molecule has 1 aromatic carbocycles. The Kier molecular flexibility index (Phi) is 7.36. The molecule has 2 unspecified atom stereocenters. The molecule has 1 aromatic rings. The summed E-state index contributed by atoms with van der Waals surface area (Å²) in [7, 11) is 0. The standard InChI is InChI=1S/C18H28N2O3/c1-2-11-23-13-15-8-4-3-7-14(15)12-19-18(22)20-16-9-5-6-10-17(16)21/h3-4,7-8,16-17,21H,2,5-6,9-13H2,1H3,(H2,19,20,22). The molecule has 0 aliphatic heterocycles. The third-order valence-electron chi connectivity index (χ3n) is 4.21. The summed E-state index contributed by atoms with van der Waals surface area (Å²) in [5.74, 6) is 0. The van der Waals surface area contributed by atoms with Crippen LogP contribution in [0.2, 0.25) is 0 Å². The third kappa shape index (κ3) is 5.84. The first-order valence-electron chi connectivity index (χ1n) is 8.57. The van der Waals surface area contributed by atoms with Gasteiger partial charge in [-0.3, -0.25) is 0 Å². The van der Waals surface area contributed by atoms with Gasteiger partial charge in [-0.15, -0.1) is 0 Å². The smallest absolute Gasteiger partial charge is 0.315 e. The highest BCUT2D eigenvalue weighted by atomic mass is 16.5. The minimum atomic E-state index is -0.427. The minimum absolute atomic E-state index is 0.133. The molecule has 0 aromatic heterocycles. The number of amides is 2. The van der Waals surface area contributed by atoms with Crippen molar-refractivity contribution in [2.24, 2.45) is 0 Å². The van der Waals surface area contributed by atoms with E-state index in [-0.39, 0.29) is 12.1 Å². The lowest BCUT2D eigenvalue weighted by Crippen LogP contribution is -2.48. The van der Waals surface area contributed by atoms with Gasteiger partial charge in [0, 0.05) is 13.2 Å². The molecule has 3 N–H and O–H groups in total. The Morgan fingerprint density at radius 1 is 1.26 bits per heavy atom. The summed E-state index contributed by atoms with van der Waals surface area (Å²) < 4.78 is 5.59. The number of hydrogen-bond acceptors (Lipinski definition) is 3. The van der Waals surface area contributed by atoms with Gasteiger partial charge in [-0.1, -0.05) is 44.0 Å². The Hall–Kier alpha value is -1.59. The van der Waals surface area contributed by atoms with Gasteiger partial charge >= 0.3 is 6.03 Å². The van der Waals surface area contributed by atoms with E-state index >= 15 is 0 Å². The summed E-state index contributed by atoms with van der Waals surface area (Å²) in [6, 6.07) is 7.61. The molecule has 1 fully saturated rings. The Balaban J connectivity index is 1.81. The molecule has 5 nitrogen and oxygen atoms in total. The van der Waals surface area contributed by atoms with Crippen molar-refractivity contribution in [2.75, 3.05) is 6.61 Å². The highest BCUT2D eigenvalue weighted by molar-refractivity contribution is 5.74. The number of ether oxygens (including phenoxy) is 1. The van der Waals surface area contributed by atoms with Gasteiger partial charge in [0.1, 0.15) is 0 Å². The van der Waals surface area contributed by atoms with Crippen LogP contribution in [-0.4, -0.2) is 29.9 Å². The molecule has 0 bridgehead atoms. The molecule has 2 atom stereocenters. The normalized spacial score (nSPS) is 21.0. The maximum atomic E-state index is 12.0. The van der Waals surface area contributed by atoms with Gasteiger partial charge < -0.3 is 20.5 Å². The number of benzene rings is 1. The fraction of sp³-hybridized carbons (Fsp3) is 0.611. The van der Waals surface area contributed by atoms with E-state index in [1.807, 2.05) is 24.3 Å². The number of carbonyl (C=O) groups excluding carboxylic acids is 1. The number of urea groups is 1. The van der Waals surface area contributed by atoms with Gasteiger partial charge in [0.05, 0.1) is 18.8 Å². The predicted molar refractivity (Wildman–Crippen MR) is 90.0 cm³/mol. The van der Waals surface area contributed by atoms with Crippen LogP contribution in [-0.2, 0) is 17.9 Å². The molecule has 1 aliphatic carbocycles. The highest BCUT2D eigenvalue weighted by Gasteiger charge is 2.24. The van der Waals surface area contributed by atoms with Crippen molar-refractivity contribution in [1.82, 2.24) is 10.6 Å². The first-order valence-corrected chi connectivity index (χ1v) is 8.57. The van der Waals surface area contributed by atoms with Gasteiger partial charge in [-0.05, 0) is 30.4 Å². The lowest BCUT2D eigenvalue weighted by molar-refractivity contribution is 0.0943. The third-order valence-corrected chi connectivity index (χ3v) is 4.21. The summed E-state index contributed by atoms with van der Waals surface area (Å²) in [4.78, 5) is 12.0. The lowest BCUT2D eigenvalue weighted by atomic mass is 9.93. The van der Waals surface area contributed by atoms with Crippen LogP contribution < -0.4 is 10.6 Å². The first-order chi connectivity index (χ1) is 11.2. The fourth-order valence-corrected chi connectivity index (χ4v) is 2.87. The maximum absolute atomic E-state index is 12.0. The van der Waals surface area contributed by atoms with Crippen molar-refractivity contribution in [2.45, 2.75) is 64.3 Å². The maximum Gasteiger partial charge on any atom is 0.315 e. The van der Waals surface area contributed by atoms with Crippen LogP contribution >= 0.6 is 0 Å². The Morgan fingerprint density at radius 2 is 2.00 bits per heavy atom. The van der Waals surface area contributed by atoms with E-state index < -0.39 is 6.10 Å². The Morgan fingerprint density at radius 3 is 2.74 bits per heavy atom. The number of aliphatic hydroxyl groups excluding tert-OH is 1. The molecule has 1 saturated carbocycles. The highest BCUT2D eigenvalue weighted by Crippen LogP contribution is 2.18. The van der Waals surface area contributed by atoms with E-state index in [4.69, 9.17) is 4.74 Å². The van der Waals surface area contributed by atoms with Crippen LogP contribution in [0.3, 0.4) is 0 Å². The van der Waals surface area contributed by atoms with Crippen LogP contribution in [0, 0.1) is 0 Å². The second kappa shape index (κ2) is 9.53. The van der Waals surface area contributed by atoms with E-state index in [0.29, 0.717) is 13.2 Å². The summed E-state index contributed by atoms with van der Waals surface area (Å²) in [5, 5.41) is 15.7. The topological polar surface area (TPSA) is 70.6 Å². The zero-order valence-corrected chi connectivity index (χ0v) is 13.9. The number of hydrogen-bond donors (Lipinski definition) is 3. The number of aliphatic hydroxyl groups is 1. The molecule has 0 radical (unpaired) electrons. The molecule has 0 saturated heterocycles. The predicted octanol–water partition coefficient (Wildman–Crippen LogP) is 2.72. The zero-order chi connectivity index (χ0) is 16.5. The monoisotopic (exact) mass is 320 g/mol. The molecule has 23 heavy (non-hydrogen) atoms. The van der Waals surface area contributed by atoms with Crippen LogP contribution in [0.4, 0.5) is 4.79 Å². The van der Waals surface area contributed by atoms with E-state index in [1.165, 1.54) is 0 Å². The quantitative estimate of drug-likeness (QED) is 0.677. The Labute approximate surface area is 138 Å². The second-order valence-corrected chi connectivity index (χ2v) is 6.11. The molecular weight excluding hydrogens is 292 g/mol. The largest absolute Gasteiger partial charge is 0.391 e. The lowest BCUT2D eigenvalue weighted by Gasteiger charge is -2.28. The number of nitrogens with one attached hydrogen (secondary N) is 2. The van der Waals surface area contributed by atoms with Crippen LogP contribution in [0.5, 0.6) is 0 Å². The van der Waals surface area contributed by atoms with Gasteiger partial charge in [0.25, 0.3) is 0 Å². The molecule has 128 valence electrons. The average molecular weight is 320 g/mol. The summed E-state index contributed by atoms with van der Waals surface area (Å²) >= 11 is 0. The van der Waals surface area contributed by atoms with Crippen molar-refractivity contribution < 1.29 is 14.6 Å². The molecule has 0 heterocycles. The second-order valence-electron chi connectivity index (χ2n) is 6.11.